The number of carbonyl (C=O) groups excluding carboxylic acids is 2. The van der Waals surface area contributed by atoms with Gasteiger partial charge in [0.05, 0.1) is 4.92 Å². The van der Waals surface area contributed by atoms with Crippen molar-refractivity contribution in [2.45, 2.75) is 6.92 Å². The van der Waals surface area contributed by atoms with E-state index in [-0.39, 0.29) is 16.4 Å². The van der Waals surface area contributed by atoms with Crippen LogP contribution in [0.25, 0.3) is 0 Å². The number of hydrogen-bond acceptors (Lipinski definition) is 4. The van der Waals surface area contributed by atoms with Crippen molar-refractivity contribution in [2.75, 3.05) is 10.6 Å². The number of nitro benzene ring substituents is 1. The summed E-state index contributed by atoms with van der Waals surface area (Å²) in [7, 11) is 0. The first-order valence-electron chi connectivity index (χ1n) is 6.60. The van der Waals surface area contributed by atoms with Gasteiger partial charge >= 0.3 is 11.8 Å². The van der Waals surface area contributed by atoms with Gasteiger partial charge in [-0.15, -0.1) is 0 Å². The maximum absolute atomic E-state index is 11.9. The van der Waals surface area contributed by atoms with E-state index < -0.39 is 16.7 Å². The van der Waals surface area contributed by atoms with Crippen molar-refractivity contribution in [3.05, 3.63) is 61.6 Å². The van der Waals surface area contributed by atoms with Crippen LogP contribution in [-0.2, 0) is 9.59 Å². The second-order valence-electron chi connectivity index (χ2n) is 4.79. The van der Waals surface area contributed by atoms with Crippen LogP contribution in [0.5, 0.6) is 0 Å². The first-order valence-corrected chi connectivity index (χ1v) is 7.77. The Morgan fingerprint density at radius 3 is 2.42 bits per heavy atom. The number of nitrogens with zero attached hydrogens (tertiary/aromatic N) is 1. The molecule has 124 valence electrons. The second kappa shape index (κ2) is 7.41. The van der Waals surface area contributed by atoms with E-state index in [9.17, 15) is 19.7 Å². The van der Waals surface area contributed by atoms with E-state index in [4.69, 9.17) is 11.6 Å². The van der Waals surface area contributed by atoms with Crippen LogP contribution in [0.1, 0.15) is 5.56 Å². The molecule has 0 spiro atoms. The van der Waals surface area contributed by atoms with Gasteiger partial charge in [0.2, 0.25) is 0 Å². The molecule has 0 aliphatic carbocycles. The molecule has 0 saturated carbocycles. The van der Waals surface area contributed by atoms with Crippen molar-refractivity contribution >= 4 is 56.4 Å². The summed E-state index contributed by atoms with van der Waals surface area (Å²) in [6, 6.07) is 8.88. The number of nitrogens with one attached hydrogen (secondary N) is 2. The first kappa shape index (κ1) is 17.9. The number of hydrogen-bond donors (Lipinski definition) is 2. The maximum atomic E-state index is 11.9. The molecular formula is C15H11BrClN3O4. The highest BCUT2D eigenvalue weighted by molar-refractivity contribution is 9.10. The molecule has 9 heteroatoms. The third-order valence-electron chi connectivity index (χ3n) is 3.04. The van der Waals surface area contributed by atoms with Crippen LogP contribution < -0.4 is 10.6 Å². The fraction of sp³-hybridized carbons (Fsp3) is 0.0667. The third-order valence-corrected chi connectivity index (χ3v) is 3.86. The van der Waals surface area contributed by atoms with Crippen molar-refractivity contribution in [2.24, 2.45) is 0 Å². The molecule has 2 aromatic carbocycles. The van der Waals surface area contributed by atoms with Gasteiger partial charge in [0.1, 0.15) is 5.02 Å². The highest BCUT2D eigenvalue weighted by atomic mass is 79.9. The van der Waals surface area contributed by atoms with Crippen molar-refractivity contribution < 1.29 is 14.5 Å². The first-order chi connectivity index (χ1) is 11.3. The van der Waals surface area contributed by atoms with E-state index in [1.165, 1.54) is 12.1 Å². The predicted molar refractivity (Wildman–Crippen MR) is 94.2 cm³/mol. The van der Waals surface area contributed by atoms with Crippen LogP contribution in [0.2, 0.25) is 5.02 Å². The van der Waals surface area contributed by atoms with Gasteiger partial charge in [-0.25, -0.2) is 0 Å². The Bertz CT molecular complexity index is 841. The van der Waals surface area contributed by atoms with Crippen LogP contribution in [0, 0.1) is 17.0 Å². The highest BCUT2D eigenvalue weighted by Crippen LogP contribution is 2.27. The van der Waals surface area contributed by atoms with E-state index in [1.54, 1.807) is 25.1 Å². The van der Waals surface area contributed by atoms with Crippen LogP contribution >= 0.6 is 27.5 Å². The largest absolute Gasteiger partial charge is 0.318 e. The molecule has 24 heavy (non-hydrogen) atoms. The number of anilines is 2. The Morgan fingerprint density at radius 1 is 1.12 bits per heavy atom. The zero-order chi connectivity index (χ0) is 17.9. The summed E-state index contributed by atoms with van der Waals surface area (Å²) < 4.78 is 0.843. The van der Waals surface area contributed by atoms with E-state index >= 15 is 0 Å². The normalized spacial score (nSPS) is 10.1. The fourth-order valence-corrected chi connectivity index (χ4v) is 2.53. The molecule has 7 nitrogen and oxygen atoms in total. The van der Waals surface area contributed by atoms with E-state index in [0.717, 1.165) is 16.1 Å². The van der Waals surface area contributed by atoms with Crippen molar-refractivity contribution in [1.82, 2.24) is 0 Å². The lowest BCUT2D eigenvalue weighted by molar-refractivity contribution is -0.384. The minimum Gasteiger partial charge on any atom is -0.318 e. The molecule has 0 heterocycles. The summed E-state index contributed by atoms with van der Waals surface area (Å²) in [6.45, 7) is 1.78. The molecule has 0 saturated heterocycles. The Kier molecular flexibility index (Phi) is 5.53. The summed E-state index contributed by atoms with van der Waals surface area (Å²) in [5.74, 6) is -1.84. The van der Waals surface area contributed by atoms with Gasteiger partial charge in [0, 0.05) is 21.9 Å². The predicted octanol–water partition coefficient (Wildman–Crippen LogP) is 3.90. The van der Waals surface area contributed by atoms with Crippen molar-refractivity contribution in [3.63, 3.8) is 0 Å². The van der Waals surface area contributed by atoms with Crippen molar-refractivity contribution in [1.29, 1.82) is 0 Å². The number of nitro groups is 1. The average Bonchev–Trinajstić information content (AvgIpc) is 2.51. The highest BCUT2D eigenvalue weighted by Gasteiger charge is 2.18. The Labute approximate surface area is 150 Å². The lowest BCUT2D eigenvalue weighted by atomic mass is 10.2. The van der Waals surface area contributed by atoms with Gasteiger partial charge in [0.15, 0.2) is 0 Å². The Morgan fingerprint density at radius 2 is 1.79 bits per heavy atom. The van der Waals surface area contributed by atoms with Crippen molar-refractivity contribution in [3.8, 4) is 0 Å². The second-order valence-corrected chi connectivity index (χ2v) is 6.11. The molecule has 0 aliphatic heterocycles. The van der Waals surface area contributed by atoms with Gasteiger partial charge in [-0.05, 0) is 42.8 Å². The average molecular weight is 413 g/mol. The zero-order valence-electron chi connectivity index (χ0n) is 12.3. The van der Waals surface area contributed by atoms with Crippen LogP contribution in [0.15, 0.2) is 40.9 Å². The van der Waals surface area contributed by atoms with Crippen LogP contribution in [0.3, 0.4) is 0 Å². The van der Waals surface area contributed by atoms with E-state index in [1.807, 2.05) is 0 Å². The molecule has 0 unspecified atom stereocenters. The number of rotatable bonds is 3. The maximum Gasteiger partial charge on any atom is 0.314 e. The van der Waals surface area contributed by atoms with E-state index in [0.29, 0.717) is 5.69 Å². The molecule has 0 atom stereocenters. The van der Waals surface area contributed by atoms with Gasteiger partial charge in [-0.3, -0.25) is 19.7 Å². The quantitative estimate of drug-likeness (QED) is 0.453. The Hall–Kier alpha value is -2.45. The summed E-state index contributed by atoms with van der Waals surface area (Å²) in [6.07, 6.45) is 0. The summed E-state index contributed by atoms with van der Waals surface area (Å²) >= 11 is 8.99. The minimum absolute atomic E-state index is 0.0621. The molecule has 0 aromatic heterocycles. The monoisotopic (exact) mass is 411 g/mol. The van der Waals surface area contributed by atoms with Gasteiger partial charge in [-0.2, -0.15) is 0 Å². The topological polar surface area (TPSA) is 101 Å². The number of benzene rings is 2. The smallest absolute Gasteiger partial charge is 0.314 e. The lowest BCUT2D eigenvalue weighted by Crippen LogP contribution is -2.29. The Balaban J connectivity index is 2.10. The fourth-order valence-electron chi connectivity index (χ4n) is 1.86. The summed E-state index contributed by atoms with van der Waals surface area (Å²) in [5.41, 5.74) is 0.991. The molecule has 2 aromatic rings. The molecule has 2 N–H and O–H groups in total. The number of amides is 2. The van der Waals surface area contributed by atoms with E-state index in [2.05, 4.69) is 26.6 Å². The molecule has 0 bridgehead atoms. The summed E-state index contributed by atoms with van der Waals surface area (Å²) in [5, 5.41) is 15.5. The molecule has 0 radical (unpaired) electrons. The third kappa shape index (κ3) is 4.30. The number of carbonyl (C=O) groups is 2. The lowest BCUT2D eigenvalue weighted by Gasteiger charge is -2.09. The molecule has 2 amide bonds. The number of aryl methyl sites for hydroxylation is 1. The van der Waals surface area contributed by atoms with Crippen LogP contribution in [-0.4, -0.2) is 16.7 Å². The minimum atomic E-state index is -0.950. The molecular weight excluding hydrogens is 402 g/mol. The molecule has 2 rings (SSSR count). The van der Waals surface area contributed by atoms with Crippen LogP contribution in [0.4, 0.5) is 17.1 Å². The molecule has 0 aliphatic rings. The summed E-state index contributed by atoms with van der Waals surface area (Å²) in [4.78, 5) is 34.0. The standard InChI is InChI=1S/C15H11BrClN3O4/c1-8-6-9(16)2-5-12(8)19-15(22)14(21)18-10-3-4-11(17)13(7-10)20(23)24/h2-7H,1H3,(H,18,21)(H,19,22). The zero-order valence-corrected chi connectivity index (χ0v) is 14.6. The van der Waals surface area contributed by atoms with Gasteiger partial charge < -0.3 is 10.6 Å². The number of halogens is 2. The SMILES string of the molecule is Cc1cc(Br)ccc1NC(=O)C(=O)Nc1ccc(Cl)c([N+](=O)[O-])c1. The van der Waals surface area contributed by atoms with Gasteiger partial charge in [-0.1, -0.05) is 27.5 Å². The molecule has 0 fully saturated rings. The van der Waals surface area contributed by atoms with Gasteiger partial charge in [0.25, 0.3) is 5.69 Å².